The minimum absolute atomic E-state index is 0.00256. The molecule has 1 heterocycles. The summed E-state index contributed by atoms with van der Waals surface area (Å²) in [6.45, 7) is 9.34. The summed E-state index contributed by atoms with van der Waals surface area (Å²) in [6, 6.07) is 19.8. The number of aliphatic hydroxyl groups excluding tert-OH is 2. The van der Waals surface area contributed by atoms with Crippen LogP contribution in [0.3, 0.4) is 0 Å². The van der Waals surface area contributed by atoms with Crippen molar-refractivity contribution in [1.82, 2.24) is 25.4 Å². The Labute approximate surface area is 349 Å². The van der Waals surface area contributed by atoms with Gasteiger partial charge in [0.1, 0.15) is 42.7 Å². The summed E-state index contributed by atoms with van der Waals surface area (Å²) in [5, 5.41) is 39.1. The highest BCUT2D eigenvalue weighted by Crippen LogP contribution is 2.41. The van der Waals surface area contributed by atoms with Crippen LogP contribution in [0.25, 0.3) is 11.1 Å². The van der Waals surface area contributed by atoms with E-state index in [0.29, 0.717) is 17.5 Å². The molecule has 4 atom stereocenters. The second kappa shape index (κ2) is 21.0. The topological polar surface area (TPSA) is 182 Å². The van der Waals surface area contributed by atoms with Crippen LogP contribution in [-0.4, -0.2) is 86.0 Å². The Bertz CT molecular complexity index is 2090. The highest BCUT2D eigenvalue weighted by Gasteiger charge is 2.37. The minimum Gasteiger partial charge on any atom is -0.445 e. The first kappa shape index (κ1) is 46.9. The predicted octanol–water partition coefficient (Wildman–Crippen LogP) is 5.20. The Hall–Kier alpha value is -5.74. The molecule has 0 bridgehead atoms. The van der Waals surface area contributed by atoms with Crippen LogP contribution in [0.5, 0.6) is 0 Å². The molecule has 3 aromatic carbocycles. The van der Waals surface area contributed by atoms with Crippen LogP contribution in [0.2, 0.25) is 0 Å². The summed E-state index contributed by atoms with van der Waals surface area (Å²) in [6.07, 6.45) is 1.75. The first-order valence-electron chi connectivity index (χ1n) is 19.5. The first-order chi connectivity index (χ1) is 28.3. The molecule has 0 saturated heterocycles. The third-order valence-corrected chi connectivity index (χ3v) is 9.75. The summed E-state index contributed by atoms with van der Waals surface area (Å²) in [5.74, 6) is -3.17. The van der Waals surface area contributed by atoms with Crippen LogP contribution < -0.4 is 16.0 Å². The standard InChI is InChI=1S/C45H55F2N5O8/c1-29(2)39(49-43(59)60-26-31-15-11-8-12-16-31)41(56)50-45(6,28-54)27-48-36(42(57)58)19-20-52(38(55)25-53)40(44(3,4)5)37-21-32(34-22-33(46)17-18-35(34)47)24-51(37)23-30-13-9-7-10-14-30/h7-22,24,28-29,36,39-40,42,48,53,57-58H,23,25-27H2,1-6H3,(H,49,59)(H,50,56)/b20-19+/t36-,39?,40-,45+/m0/s1. The molecule has 60 heavy (non-hydrogen) atoms. The van der Waals surface area contributed by atoms with E-state index in [0.717, 1.165) is 29.3 Å². The van der Waals surface area contributed by atoms with Crippen LogP contribution in [0.15, 0.2) is 103 Å². The molecule has 0 spiro atoms. The fourth-order valence-corrected chi connectivity index (χ4v) is 6.63. The average molecular weight is 832 g/mol. The average Bonchev–Trinajstić information content (AvgIpc) is 3.61. The van der Waals surface area contributed by atoms with Crippen LogP contribution >= 0.6 is 0 Å². The van der Waals surface area contributed by atoms with Gasteiger partial charge >= 0.3 is 6.09 Å². The van der Waals surface area contributed by atoms with Crippen molar-refractivity contribution in [1.29, 1.82) is 0 Å². The van der Waals surface area contributed by atoms with Gasteiger partial charge in [0.05, 0.1) is 12.1 Å². The maximum absolute atomic E-state index is 15.1. The van der Waals surface area contributed by atoms with Crippen molar-refractivity contribution < 1.29 is 48.0 Å². The lowest BCUT2D eigenvalue weighted by Gasteiger charge is -2.39. The van der Waals surface area contributed by atoms with E-state index >= 15 is 4.39 Å². The summed E-state index contributed by atoms with van der Waals surface area (Å²) >= 11 is 0. The summed E-state index contributed by atoms with van der Waals surface area (Å²) in [4.78, 5) is 53.4. The lowest BCUT2D eigenvalue weighted by Crippen LogP contribution is -2.61. The fraction of sp³-hybridized carbons (Fsp3) is 0.378. The third-order valence-electron chi connectivity index (χ3n) is 9.75. The second-order valence-electron chi connectivity index (χ2n) is 16.2. The van der Waals surface area contributed by atoms with Gasteiger partial charge in [0.15, 0.2) is 6.29 Å². The van der Waals surface area contributed by atoms with E-state index < -0.39 is 77.4 Å². The number of benzene rings is 3. The number of hydrogen-bond acceptors (Lipinski definition) is 9. The van der Waals surface area contributed by atoms with Gasteiger partial charge in [-0.1, -0.05) is 95.3 Å². The molecule has 3 amide bonds. The number of aliphatic hydroxyl groups is 3. The molecule has 0 aliphatic heterocycles. The van der Waals surface area contributed by atoms with E-state index in [4.69, 9.17) is 4.74 Å². The monoisotopic (exact) mass is 831 g/mol. The van der Waals surface area contributed by atoms with Gasteiger partial charge in [-0.15, -0.1) is 0 Å². The number of ether oxygens (including phenoxy) is 1. The zero-order valence-electron chi connectivity index (χ0n) is 34.6. The molecule has 0 aliphatic carbocycles. The lowest BCUT2D eigenvalue weighted by atomic mass is 9.83. The SMILES string of the molecule is CC(C)C(NC(=O)OCc1ccccc1)C(=O)N[C@@](C)(C=O)CN[C@@H](/C=C/N(C(=O)CO)[C@@H](c1cc(-c2cc(F)ccc2F)cn1Cc1ccccc1)C(C)(C)C)C(O)O. The molecule has 0 saturated carbocycles. The number of carbonyl (C=O) groups is 4. The van der Waals surface area contributed by atoms with E-state index in [1.165, 1.54) is 24.1 Å². The zero-order valence-corrected chi connectivity index (χ0v) is 34.6. The first-order valence-corrected chi connectivity index (χ1v) is 19.5. The number of nitrogens with one attached hydrogen (secondary N) is 3. The van der Waals surface area contributed by atoms with Gasteiger partial charge in [-0.2, -0.15) is 0 Å². The number of rotatable bonds is 19. The second-order valence-corrected chi connectivity index (χ2v) is 16.2. The van der Waals surface area contributed by atoms with E-state index in [1.807, 2.05) is 61.7 Å². The molecule has 1 aromatic heterocycles. The van der Waals surface area contributed by atoms with Gasteiger partial charge < -0.3 is 50.3 Å². The van der Waals surface area contributed by atoms with Gasteiger partial charge in [0.2, 0.25) is 5.91 Å². The number of aldehydes is 1. The number of hydrogen-bond donors (Lipinski definition) is 6. The molecule has 15 heteroatoms. The Morgan fingerprint density at radius 3 is 2.12 bits per heavy atom. The highest BCUT2D eigenvalue weighted by molar-refractivity contribution is 5.89. The molecular formula is C45H55F2N5O8. The van der Waals surface area contributed by atoms with Gasteiger partial charge in [-0.3, -0.25) is 9.59 Å². The largest absolute Gasteiger partial charge is 0.445 e. The van der Waals surface area contributed by atoms with Crippen LogP contribution in [0, 0.1) is 23.0 Å². The maximum atomic E-state index is 15.1. The van der Waals surface area contributed by atoms with Crippen molar-refractivity contribution in [2.75, 3.05) is 13.2 Å². The highest BCUT2D eigenvalue weighted by atomic mass is 19.1. The van der Waals surface area contributed by atoms with Crippen LogP contribution in [0.1, 0.15) is 64.4 Å². The van der Waals surface area contributed by atoms with E-state index in [-0.39, 0.29) is 25.3 Å². The number of carbonyl (C=O) groups excluding carboxylic acids is 4. The Balaban J connectivity index is 1.61. The third kappa shape index (κ3) is 12.9. The molecule has 4 aromatic rings. The molecular weight excluding hydrogens is 777 g/mol. The predicted molar refractivity (Wildman–Crippen MR) is 222 cm³/mol. The molecule has 13 nitrogen and oxygen atoms in total. The molecule has 6 N–H and O–H groups in total. The maximum Gasteiger partial charge on any atom is 0.408 e. The molecule has 1 unspecified atom stereocenters. The number of nitrogens with zero attached hydrogens (tertiary/aromatic N) is 2. The minimum atomic E-state index is -2.08. The molecule has 0 radical (unpaired) electrons. The van der Waals surface area contributed by atoms with Gasteiger partial charge in [0, 0.05) is 42.3 Å². The fourth-order valence-electron chi connectivity index (χ4n) is 6.63. The number of aromatic nitrogens is 1. The summed E-state index contributed by atoms with van der Waals surface area (Å²) < 4.78 is 36.6. The van der Waals surface area contributed by atoms with Crippen molar-refractivity contribution >= 4 is 24.2 Å². The normalized spacial score (nSPS) is 14.3. The van der Waals surface area contributed by atoms with Gasteiger partial charge in [-0.25, -0.2) is 13.6 Å². The quantitative estimate of drug-likeness (QED) is 0.0547. The molecule has 4 rings (SSSR count). The zero-order chi connectivity index (χ0) is 44.2. The van der Waals surface area contributed by atoms with E-state index in [9.17, 15) is 38.9 Å². The number of alkyl carbamates (subject to hydrolysis) is 1. The summed E-state index contributed by atoms with van der Waals surface area (Å²) in [5.41, 5.74) is 0.0512. The molecule has 0 fully saturated rings. The number of amides is 3. The Kier molecular flexibility index (Phi) is 16.4. The van der Waals surface area contributed by atoms with Crippen LogP contribution in [-0.2, 0) is 32.3 Å². The van der Waals surface area contributed by atoms with E-state index in [2.05, 4.69) is 16.0 Å². The molecule has 0 aliphatic rings. The van der Waals surface area contributed by atoms with Crippen LogP contribution in [0.4, 0.5) is 13.6 Å². The smallest absolute Gasteiger partial charge is 0.408 e. The van der Waals surface area contributed by atoms with Crippen molar-refractivity contribution in [3.63, 3.8) is 0 Å². The van der Waals surface area contributed by atoms with Crippen molar-refractivity contribution in [3.05, 3.63) is 132 Å². The van der Waals surface area contributed by atoms with Crippen molar-refractivity contribution in [2.45, 2.75) is 84.6 Å². The summed E-state index contributed by atoms with van der Waals surface area (Å²) in [7, 11) is 0. The van der Waals surface area contributed by atoms with Crippen molar-refractivity contribution in [3.8, 4) is 11.1 Å². The molecule has 322 valence electrons. The lowest BCUT2D eigenvalue weighted by molar-refractivity contribution is -0.136. The number of halogens is 2. The van der Waals surface area contributed by atoms with Gasteiger partial charge in [-0.05, 0) is 59.7 Å². The van der Waals surface area contributed by atoms with Gasteiger partial charge in [0.25, 0.3) is 5.91 Å². The van der Waals surface area contributed by atoms with Crippen molar-refractivity contribution in [2.24, 2.45) is 11.3 Å². The Morgan fingerprint density at radius 2 is 1.55 bits per heavy atom. The van der Waals surface area contributed by atoms with E-state index in [1.54, 1.807) is 50.4 Å². The Morgan fingerprint density at radius 1 is 0.917 bits per heavy atom.